The first-order valence-corrected chi connectivity index (χ1v) is 7.32. The lowest BCUT2D eigenvalue weighted by molar-refractivity contribution is -0.124. The highest BCUT2D eigenvalue weighted by atomic mass is 16.5. The average Bonchev–Trinajstić information content (AvgIpc) is 2.25. The smallest absolute Gasteiger partial charge is 0.321 e. The topological polar surface area (TPSA) is 70.7 Å². The second kappa shape index (κ2) is 8.21. The minimum Gasteiger partial charge on any atom is -0.373 e. The average molecular weight is 285 g/mol. The number of hydrogen-bond donors (Lipinski definition) is 2. The molecule has 0 aliphatic carbocycles. The van der Waals surface area contributed by atoms with Gasteiger partial charge in [-0.25, -0.2) is 4.79 Å². The summed E-state index contributed by atoms with van der Waals surface area (Å²) in [5.74, 6) is 0.260. The lowest BCUT2D eigenvalue weighted by Crippen LogP contribution is -2.51. The van der Waals surface area contributed by atoms with Crippen molar-refractivity contribution in [3.05, 3.63) is 0 Å². The van der Waals surface area contributed by atoms with Gasteiger partial charge in [-0.2, -0.15) is 0 Å². The number of imide groups is 1. The normalized spacial score (nSPS) is 23.6. The van der Waals surface area contributed by atoms with Crippen molar-refractivity contribution in [1.29, 1.82) is 0 Å². The van der Waals surface area contributed by atoms with Crippen LogP contribution in [-0.4, -0.2) is 55.2 Å². The summed E-state index contributed by atoms with van der Waals surface area (Å²) in [5.41, 5.74) is 0. The molecule has 0 aromatic heterocycles. The molecule has 1 heterocycles. The SMILES string of the molecule is CC(C)CCNC(=O)NC(=O)CN1C[C@H](C)O[C@@H](C)C1. The number of urea groups is 1. The summed E-state index contributed by atoms with van der Waals surface area (Å²) < 4.78 is 5.60. The van der Waals surface area contributed by atoms with Crippen molar-refractivity contribution in [1.82, 2.24) is 15.5 Å². The van der Waals surface area contributed by atoms with E-state index >= 15 is 0 Å². The molecule has 0 spiro atoms. The lowest BCUT2D eigenvalue weighted by atomic mass is 10.1. The summed E-state index contributed by atoms with van der Waals surface area (Å²) in [4.78, 5) is 25.3. The minimum atomic E-state index is -0.412. The maximum atomic E-state index is 11.8. The van der Waals surface area contributed by atoms with Crippen LogP contribution >= 0.6 is 0 Å². The Hall–Kier alpha value is -1.14. The third-order valence-corrected chi connectivity index (χ3v) is 3.12. The molecule has 6 nitrogen and oxygen atoms in total. The monoisotopic (exact) mass is 285 g/mol. The summed E-state index contributed by atoms with van der Waals surface area (Å²) in [6, 6.07) is -0.412. The van der Waals surface area contributed by atoms with Gasteiger partial charge in [0.2, 0.25) is 5.91 Å². The van der Waals surface area contributed by atoms with E-state index in [1.807, 2.05) is 18.7 Å². The van der Waals surface area contributed by atoms with Gasteiger partial charge in [0.05, 0.1) is 18.8 Å². The summed E-state index contributed by atoms with van der Waals surface area (Å²) in [6.45, 7) is 10.4. The van der Waals surface area contributed by atoms with E-state index in [0.717, 1.165) is 6.42 Å². The van der Waals surface area contributed by atoms with Crippen molar-refractivity contribution in [3.8, 4) is 0 Å². The molecule has 2 atom stereocenters. The zero-order chi connectivity index (χ0) is 15.1. The summed E-state index contributed by atoms with van der Waals surface area (Å²) >= 11 is 0. The van der Waals surface area contributed by atoms with Crippen LogP contribution in [0.4, 0.5) is 4.79 Å². The van der Waals surface area contributed by atoms with Crippen LogP contribution in [-0.2, 0) is 9.53 Å². The molecule has 3 amide bonds. The predicted octanol–water partition coefficient (Wildman–Crippen LogP) is 0.968. The van der Waals surface area contributed by atoms with Crippen LogP contribution in [0, 0.1) is 5.92 Å². The van der Waals surface area contributed by atoms with Gasteiger partial charge < -0.3 is 10.1 Å². The number of amides is 3. The second-order valence-electron chi connectivity index (χ2n) is 5.94. The molecule has 1 aliphatic rings. The largest absolute Gasteiger partial charge is 0.373 e. The van der Waals surface area contributed by atoms with E-state index in [-0.39, 0.29) is 24.7 Å². The van der Waals surface area contributed by atoms with Crippen LogP contribution in [0.5, 0.6) is 0 Å². The van der Waals surface area contributed by atoms with Gasteiger partial charge in [0.25, 0.3) is 0 Å². The Morgan fingerprint density at radius 3 is 2.40 bits per heavy atom. The van der Waals surface area contributed by atoms with Crippen LogP contribution in [0.15, 0.2) is 0 Å². The molecule has 0 aromatic rings. The fourth-order valence-corrected chi connectivity index (χ4v) is 2.30. The van der Waals surface area contributed by atoms with Gasteiger partial charge in [0.15, 0.2) is 0 Å². The first-order chi connectivity index (χ1) is 9.36. The Balaban J connectivity index is 2.23. The third kappa shape index (κ3) is 6.86. The van der Waals surface area contributed by atoms with E-state index in [4.69, 9.17) is 4.74 Å². The highest BCUT2D eigenvalue weighted by Gasteiger charge is 2.24. The maximum Gasteiger partial charge on any atom is 0.321 e. The van der Waals surface area contributed by atoms with Crippen LogP contribution < -0.4 is 10.6 Å². The molecular formula is C14H27N3O3. The maximum absolute atomic E-state index is 11.8. The number of ether oxygens (including phenoxy) is 1. The van der Waals surface area contributed by atoms with Crippen molar-refractivity contribution in [2.75, 3.05) is 26.2 Å². The lowest BCUT2D eigenvalue weighted by Gasteiger charge is -2.34. The Labute approximate surface area is 121 Å². The van der Waals surface area contributed by atoms with E-state index in [9.17, 15) is 9.59 Å². The van der Waals surface area contributed by atoms with Crippen molar-refractivity contribution >= 4 is 11.9 Å². The zero-order valence-corrected chi connectivity index (χ0v) is 12.9. The highest BCUT2D eigenvalue weighted by molar-refractivity contribution is 5.95. The molecule has 1 rings (SSSR count). The molecule has 1 aliphatic heterocycles. The molecule has 0 unspecified atom stereocenters. The summed E-state index contributed by atoms with van der Waals surface area (Å²) in [7, 11) is 0. The number of rotatable bonds is 5. The van der Waals surface area contributed by atoms with Crippen LogP contribution in [0.1, 0.15) is 34.1 Å². The number of nitrogens with one attached hydrogen (secondary N) is 2. The van der Waals surface area contributed by atoms with Gasteiger partial charge in [-0.3, -0.25) is 15.0 Å². The first kappa shape index (κ1) is 16.9. The standard InChI is InChI=1S/C14H27N3O3/c1-10(2)5-6-15-14(19)16-13(18)9-17-7-11(3)20-12(4)8-17/h10-12H,5-9H2,1-4H3,(H2,15,16,18,19)/t11-,12-/m0/s1. The Morgan fingerprint density at radius 1 is 1.25 bits per heavy atom. The molecule has 2 N–H and O–H groups in total. The Morgan fingerprint density at radius 2 is 1.85 bits per heavy atom. The predicted molar refractivity (Wildman–Crippen MR) is 77.4 cm³/mol. The number of morpholine rings is 1. The molecule has 0 aromatic carbocycles. The first-order valence-electron chi connectivity index (χ1n) is 7.32. The van der Waals surface area contributed by atoms with Gasteiger partial charge in [-0.15, -0.1) is 0 Å². The van der Waals surface area contributed by atoms with Gasteiger partial charge in [0.1, 0.15) is 0 Å². The number of carbonyl (C=O) groups is 2. The fourth-order valence-electron chi connectivity index (χ4n) is 2.30. The van der Waals surface area contributed by atoms with Crippen molar-refractivity contribution in [2.45, 2.75) is 46.3 Å². The Bertz CT molecular complexity index is 324. The fraction of sp³-hybridized carbons (Fsp3) is 0.857. The number of nitrogens with zero attached hydrogens (tertiary/aromatic N) is 1. The second-order valence-corrected chi connectivity index (χ2v) is 5.94. The van der Waals surface area contributed by atoms with E-state index in [1.54, 1.807) is 0 Å². The molecule has 0 radical (unpaired) electrons. The number of carbonyl (C=O) groups excluding carboxylic acids is 2. The molecule has 20 heavy (non-hydrogen) atoms. The highest BCUT2D eigenvalue weighted by Crippen LogP contribution is 2.09. The van der Waals surface area contributed by atoms with Crippen LogP contribution in [0.3, 0.4) is 0 Å². The van der Waals surface area contributed by atoms with E-state index in [1.165, 1.54) is 0 Å². The molecule has 1 saturated heterocycles. The molecule has 0 saturated carbocycles. The Kier molecular flexibility index (Phi) is 6.95. The molecule has 6 heteroatoms. The van der Waals surface area contributed by atoms with Gasteiger partial charge in [-0.1, -0.05) is 13.8 Å². The van der Waals surface area contributed by atoms with Gasteiger partial charge in [-0.05, 0) is 26.2 Å². The molecule has 116 valence electrons. The molecular weight excluding hydrogens is 258 g/mol. The molecule has 1 fully saturated rings. The van der Waals surface area contributed by atoms with Gasteiger partial charge in [0, 0.05) is 19.6 Å². The van der Waals surface area contributed by atoms with E-state index in [0.29, 0.717) is 25.6 Å². The summed E-state index contributed by atoms with van der Waals surface area (Å²) in [5, 5.41) is 5.04. The van der Waals surface area contributed by atoms with Crippen LogP contribution in [0.25, 0.3) is 0 Å². The van der Waals surface area contributed by atoms with Gasteiger partial charge >= 0.3 is 6.03 Å². The van der Waals surface area contributed by atoms with Crippen molar-refractivity contribution in [2.24, 2.45) is 5.92 Å². The molecule has 0 bridgehead atoms. The summed E-state index contributed by atoms with van der Waals surface area (Å²) in [6.07, 6.45) is 1.14. The van der Waals surface area contributed by atoms with E-state index < -0.39 is 6.03 Å². The third-order valence-electron chi connectivity index (χ3n) is 3.12. The number of hydrogen-bond acceptors (Lipinski definition) is 4. The van der Waals surface area contributed by atoms with Crippen molar-refractivity contribution in [3.63, 3.8) is 0 Å². The quantitative estimate of drug-likeness (QED) is 0.789. The van der Waals surface area contributed by atoms with E-state index in [2.05, 4.69) is 24.5 Å². The van der Waals surface area contributed by atoms with Crippen LogP contribution in [0.2, 0.25) is 0 Å². The minimum absolute atomic E-state index is 0.117. The zero-order valence-electron chi connectivity index (χ0n) is 12.9. The van der Waals surface area contributed by atoms with Crippen molar-refractivity contribution < 1.29 is 14.3 Å².